The first-order valence-electron chi connectivity index (χ1n) is 11.3. The van der Waals surface area contributed by atoms with Crippen molar-refractivity contribution < 1.29 is 4.43 Å². The molecule has 0 saturated heterocycles. The van der Waals surface area contributed by atoms with Crippen molar-refractivity contribution in [2.24, 2.45) is 0 Å². The largest absolute Gasteiger partial charge is 0.413 e. The van der Waals surface area contributed by atoms with Crippen molar-refractivity contribution in [2.45, 2.75) is 45.5 Å². The zero-order chi connectivity index (χ0) is 22.8. The first-order valence-corrected chi connectivity index (χ1v) is 14.2. The third-order valence-corrected chi connectivity index (χ3v) is 11.1. The molecule has 0 spiro atoms. The molecule has 2 nitrogen and oxygen atoms in total. The summed E-state index contributed by atoms with van der Waals surface area (Å²) in [6.45, 7) is 12.1. The van der Waals surface area contributed by atoms with Crippen LogP contribution in [0, 0.1) is 0 Å². The molecule has 3 heteroatoms. The van der Waals surface area contributed by atoms with Crippen LogP contribution in [-0.4, -0.2) is 13.3 Å². The first kappa shape index (κ1) is 22.3. The van der Waals surface area contributed by atoms with Gasteiger partial charge in [0, 0.05) is 16.8 Å². The van der Waals surface area contributed by atoms with Gasteiger partial charge in [-0.05, 0) is 40.9 Å². The summed E-state index contributed by atoms with van der Waals surface area (Å²) in [5, 5.41) is 0.190. The molecule has 0 aliphatic rings. The van der Waals surface area contributed by atoms with Gasteiger partial charge < -0.3 is 9.41 Å². The second-order valence-electron chi connectivity index (χ2n) is 9.91. The number of aromatic amines is 1. The maximum atomic E-state index is 6.57. The second kappa shape index (κ2) is 8.93. The van der Waals surface area contributed by atoms with E-state index < -0.39 is 8.32 Å². The zero-order valence-electron chi connectivity index (χ0n) is 19.8. The van der Waals surface area contributed by atoms with E-state index in [0.717, 1.165) is 11.4 Å². The third kappa shape index (κ3) is 4.64. The minimum atomic E-state index is -1.83. The summed E-state index contributed by atoms with van der Waals surface area (Å²) in [5.41, 5.74) is 8.30. The standard InChI is InChI=1S/C29H33NOSi/c1-29(2,3)32(4,5)31-21-24-18-12-13-19-25(24)27-20-26(22-14-8-6-9-15-22)28(30-27)23-16-10-7-11-17-23/h6-20,30H,21H2,1-5H3. The number of benzene rings is 3. The fourth-order valence-corrected chi connectivity index (χ4v) is 4.61. The molecule has 0 aliphatic heterocycles. The Balaban J connectivity index is 1.76. The topological polar surface area (TPSA) is 25.0 Å². The van der Waals surface area contributed by atoms with E-state index in [9.17, 15) is 0 Å². The highest BCUT2D eigenvalue weighted by Gasteiger charge is 2.37. The van der Waals surface area contributed by atoms with Gasteiger partial charge in [0.2, 0.25) is 0 Å². The summed E-state index contributed by atoms with van der Waals surface area (Å²) in [6, 6.07) is 32.0. The number of H-pyrrole nitrogens is 1. The second-order valence-corrected chi connectivity index (χ2v) is 14.7. The van der Waals surface area contributed by atoms with Gasteiger partial charge in [0.15, 0.2) is 8.32 Å². The molecule has 1 heterocycles. The van der Waals surface area contributed by atoms with Crippen LogP contribution >= 0.6 is 0 Å². The van der Waals surface area contributed by atoms with E-state index in [1.165, 1.54) is 27.8 Å². The van der Waals surface area contributed by atoms with Gasteiger partial charge in [0.05, 0.1) is 12.3 Å². The molecular formula is C29H33NOSi. The van der Waals surface area contributed by atoms with E-state index in [0.29, 0.717) is 6.61 Å². The zero-order valence-corrected chi connectivity index (χ0v) is 20.8. The molecule has 4 rings (SSSR count). The summed E-state index contributed by atoms with van der Waals surface area (Å²) < 4.78 is 6.57. The summed E-state index contributed by atoms with van der Waals surface area (Å²) in [6.07, 6.45) is 0. The molecule has 0 unspecified atom stereocenters. The Morgan fingerprint density at radius 2 is 1.28 bits per heavy atom. The van der Waals surface area contributed by atoms with Crippen LogP contribution in [0.25, 0.3) is 33.6 Å². The Hall–Kier alpha value is -2.88. The van der Waals surface area contributed by atoms with Crippen molar-refractivity contribution in [1.82, 2.24) is 4.98 Å². The first-order chi connectivity index (χ1) is 15.3. The number of hydrogen-bond acceptors (Lipinski definition) is 1. The van der Waals surface area contributed by atoms with Crippen molar-refractivity contribution >= 4 is 8.32 Å². The normalized spacial score (nSPS) is 12.2. The lowest BCUT2D eigenvalue weighted by atomic mass is 10.0. The molecule has 164 valence electrons. The predicted molar refractivity (Wildman–Crippen MR) is 139 cm³/mol. The molecule has 32 heavy (non-hydrogen) atoms. The molecule has 0 atom stereocenters. The SMILES string of the molecule is CC(C)(C)[Si](C)(C)OCc1ccccc1-c1cc(-c2ccccc2)c(-c2ccccc2)[nH]1. The molecule has 0 fully saturated rings. The number of aromatic nitrogens is 1. The van der Waals surface area contributed by atoms with Gasteiger partial charge in [0.1, 0.15) is 0 Å². The monoisotopic (exact) mass is 439 g/mol. The van der Waals surface area contributed by atoms with Crippen molar-refractivity contribution in [2.75, 3.05) is 0 Å². The van der Waals surface area contributed by atoms with Gasteiger partial charge in [-0.3, -0.25) is 0 Å². The number of hydrogen-bond donors (Lipinski definition) is 1. The molecule has 1 N–H and O–H groups in total. The van der Waals surface area contributed by atoms with Gasteiger partial charge in [-0.1, -0.05) is 106 Å². The molecule has 3 aromatic carbocycles. The predicted octanol–water partition coefficient (Wildman–Crippen LogP) is 8.54. The van der Waals surface area contributed by atoms with Crippen molar-refractivity contribution in [3.63, 3.8) is 0 Å². The molecule has 0 saturated carbocycles. The molecule has 0 amide bonds. The maximum absolute atomic E-state index is 6.57. The maximum Gasteiger partial charge on any atom is 0.192 e. The van der Waals surface area contributed by atoms with Crippen LogP contribution in [0.4, 0.5) is 0 Å². The smallest absolute Gasteiger partial charge is 0.192 e. The molecule has 4 aromatic rings. The van der Waals surface area contributed by atoms with Crippen LogP contribution in [0.5, 0.6) is 0 Å². The lowest BCUT2D eigenvalue weighted by Gasteiger charge is -2.36. The van der Waals surface area contributed by atoms with E-state index in [1.807, 2.05) is 0 Å². The molecule has 1 aromatic heterocycles. The third-order valence-electron chi connectivity index (χ3n) is 6.67. The van der Waals surface area contributed by atoms with Crippen LogP contribution in [0.15, 0.2) is 91.0 Å². The van der Waals surface area contributed by atoms with Crippen LogP contribution in [-0.2, 0) is 11.0 Å². The van der Waals surface area contributed by atoms with Crippen LogP contribution in [0.3, 0.4) is 0 Å². The fraction of sp³-hybridized carbons (Fsp3) is 0.241. The number of rotatable bonds is 6. The van der Waals surface area contributed by atoms with Gasteiger partial charge in [0.25, 0.3) is 0 Å². The van der Waals surface area contributed by atoms with E-state index in [1.54, 1.807) is 0 Å². The highest BCUT2D eigenvalue weighted by atomic mass is 28.4. The van der Waals surface area contributed by atoms with Crippen molar-refractivity contribution in [1.29, 1.82) is 0 Å². The van der Waals surface area contributed by atoms with Crippen molar-refractivity contribution in [3.8, 4) is 33.6 Å². The van der Waals surface area contributed by atoms with E-state index in [-0.39, 0.29) is 5.04 Å². The highest BCUT2D eigenvalue weighted by Crippen LogP contribution is 2.39. The molecule has 0 aliphatic carbocycles. The fourth-order valence-electron chi connectivity index (χ4n) is 3.66. The Morgan fingerprint density at radius 1 is 0.719 bits per heavy atom. The highest BCUT2D eigenvalue weighted by molar-refractivity contribution is 6.74. The Bertz CT molecular complexity index is 1110. The van der Waals surface area contributed by atoms with Gasteiger partial charge in [-0.25, -0.2) is 0 Å². The summed E-state index contributed by atoms with van der Waals surface area (Å²) in [7, 11) is -1.83. The van der Waals surface area contributed by atoms with E-state index in [4.69, 9.17) is 4.43 Å². The number of nitrogens with one attached hydrogen (secondary N) is 1. The van der Waals surface area contributed by atoms with E-state index in [2.05, 4.69) is 130 Å². The van der Waals surface area contributed by atoms with Gasteiger partial charge in [-0.2, -0.15) is 0 Å². The van der Waals surface area contributed by atoms with Crippen LogP contribution in [0.1, 0.15) is 26.3 Å². The quantitative estimate of drug-likeness (QED) is 0.299. The Labute approximate surface area is 193 Å². The minimum Gasteiger partial charge on any atom is -0.413 e. The molecular weight excluding hydrogens is 406 g/mol. The Kier molecular flexibility index (Phi) is 6.23. The van der Waals surface area contributed by atoms with Crippen molar-refractivity contribution in [3.05, 3.63) is 96.6 Å². The average molecular weight is 440 g/mol. The van der Waals surface area contributed by atoms with Crippen LogP contribution in [0.2, 0.25) is 18.1 Å². The minimum absolute atomic E-state index is 0.190. The summed E-state index contributed by atoms with van der Waals surface area (Å²) in [4.78, 5) is 3.74. The van der Waals surface area contributed by atoms with Gasteiger partial charge in [-0.15, -0.1) is 0 Å². The molecule has 0 bridgehead atoms. The van der Waals surface area contributed by atoms with E-state index >= 15 is 0 Å². The lowest BCUT2D eigenvalue weighted by molar-refractivity contribution is 0.277. The van der Waals surface area contributed by atoms with Gasteiger partial charge >= 0.3 is 0 Å². The summed E-state index contributed by atoms with van der Waals surface area (Å²) >= 11 is 0. The lowest BCUT2D eigenvalue weighted by Crippen LogP contribution is -2.40. The molecule has 0 radical (unpaired) electrons. The Morgan fingerprint density at radius 3 is 1.91 bits per heavy atom. The summed E-state index contributed by atoms with van der Waals surface area (Å²) in [5.74, 6) is 0. The van der Waals surface area contributed by atoms with Crippen LogP contribution < -0.4 is 0 Å². The average Bonchev–Trinajstić information content (AvgIpc) is 3.24.